The van der Waals surface area contributed by atoms with E-state index in [-0.39, 0.29) is 18.7 Å². The third kappa shape index (κ3) is 5.91. The molecule has 0 radical (unpaired) electrons. The molecule has 2 amide bonds. The van der Waals surface area contributed by atoms with Crippen LogP contribution in [0.25, 0.3) is 0 Å². The lowest BCUT2D eigenvalue weighted by Gasteiger charge is -2.19. The van der Waals surface area contributed by atoms with Gasteiger partial charge in [-0.15, -0.1) is 0 Å². The van der Waals surface area contributed by atoms with Gasteiger partial charge in [0, 0.05) is 18.0 Å². The van der Waals surface area contributed by atoms with Gasteiger partial charge in [0.2, 0.25) is 0 Å². The Labute approximate surface area is 147 Å². The zero-order valence-electron chi connectivity index (χ0n) is 13.9. The number of hydrogen-bond acceptors (Lipinski definition) is 3. The molecule has 1 unspecified atom stereocenters. The molecule has 0 bridgehead atoms. The van der Waals surface area contributed by atoms with Crippen molar-refractivity contribution in [3.63, 3.8) is 0 Å². The molecule has 1 atom stereocenters. The topological polar surface area (TPSA) is 61.4 Å². The first kappa shape index (κ1) is 18.4. The molecule has 3 N–H and O–H groups in total. The third-order valence-electron chi connectivity index (χ3n) is 3.65. The number of hydrogen-bond donors (Lipinski definition) is 3. The van der Waals surface area contributed by atoms with Crippen molar-refractivity contribution in [3.05, 3.63) is 65.7 Å². The summed E-state index contributed by atoms with van der Waals surface area (Å²) in [5.41, 5.74) is 3.01. The monoisotopic (exact) mass is 344 g/mol. The maximum atomic E-state index is 12.3. The van der Waals surface area contributed by atoms with Crippen LogP contribution in [0, 0.1) is 0 Å². The van der Waals surface area contributed by atoms with Gasteiger partial charge in [0.15, 0.2) is 0 Å². The number of thioether (sulfide) groups is 1. The first-order chi connectivity index (χ1) is 11.7. The molecule has 128 valence electrons. The summed E-state index contributed by atoms with van der Waals surface area (Å²) in [6, 6.07) is 17.3. The molecular formula is C19H24N2O2S. The fourth-order valence-corrected chi connectivity index (χ4v) is 3.05. The summed E-state index contributed by atoms with van der Waals surface area (Å²) in [4.78, 5) is 12.3. The highest BCUT2D eigenvalue weighted by Gasteiger charge is 2.14. The van der Waals surface area contributed by atoms with E-state index in [2.05, 4.69) is 16.9 Å². The van der Waals surface area contributed by atoms with Crippen LogP contribution in [0.5, 0.6) is 0 Å². The molecule has 0 spiro atoms. The zero-order chi connectivity index (χ0) is 17.2. The molecule has 4 nitrogen and oxygen atoms in total. The van der Waals surface area contributed by atoms with Crippen molar-refractivity contribution in [2.45, 2.75) is 24.6 Å². The van der Waals surface area contributed by atoms with Crippen molar-refractivity contribution in [1.29, 1.82) is 0 Å². The van der Waals surface area contributed by atoms with Crippen molar-refractivity contribution in [3.8, 4) is 0 Å². The first-order valence-corrected chi connectivity index (χ1v) is 9.43. The highest BCUT2D eigenvalue weighted by Crippen LogP contribution is 2.19. The number of aliphatic hydroxyl groups is 1. The van der Waals surface area contributed by atoms with Crippen LogP contribution in [0.4, 0.5) is 10.5 Å². The molecule has 24 heavy (non-hydrogen) atoms. The van der Waals surface area contributed by atoms with Gasteiger partial charge in [-0.3, -0.25) is 0 Å². The molecule has 0 aliphatic carbocycles. The largest absolute Gasteiger partial charge is 0.396 e. The smallest absolute Gasteiger partial charge is 0.319 e. The second-order valence-corrected chi connectivity index (χ2v) is 6.43. The van der Waals surface area contributed by atoms with Gasteiger partial charge in [0.25, 0.3) is 0 Å². The number of carbonyl (C=O) groups excluding carboxylic acids is 1. The molecule has 0 fully saturated rings. The molecule has 5 heteroatoms. The Morgan fingerprint density at radius 2 is 1.96 bits per heavy atom. The standard InChI is InChI=1S/C19H24N2O2S/c1-24-14-15-7-5-10-17(13-15)20-19(23)21-18(11-6-12-22)16-8-3-2-4-9-16/h2-5,7-10,13,18,22H,6,11-12,14H2,1H3,(H2,20,21,23). The van der Waals surface area contributed by atoms with Crippen LogP contribution in [-0.4, -0.2) is 24.0 Å². The Hall–Kier alpha value is -1.98. The highest BCUT2D eigenvalue weighted by molar-refractivity contribution is 7.97. The molecule has 0 saturated carbocycles. The molecule has 0 saturated heterocycles. The summed E-state index contributed by atoms with van der Waals surface area (Å²) in [5, 5.41) is 15.0. The summed E-state index contributed by atoms with van der Waals surface area (Å²) in [6.45, 7) is 0.114. The average Bonchev–Trinajstić information content (AvgIpc) is 2.60. The van der Waals surface area contributed by atoms with E-state index in [0.29, 0.717) is 12.8 Å². The van der Waals surface area contributed by atoms with Crippen LogP contribution in [0.2, 0.25) is 0 Å². The van der Waals surface area contributed by atoms with E-state index in [0.717, 1.165) is 17.0 Å². The Morgan fingerprint density at radius 1 is 1.17 bits per heavy atom. The van der Waals surface area contributed by atoms with Crippen molar-refractivity contribution in [1.82, 2.24) is 5.32 Å². The van der Waals surface area contributed by atoms with E-state index in [4.69, 9.17) is 5.11 Å². The predicted molar refractivity (Wildman–Crippen MR) is 101 cm³/mol. The minimum atomic E-state index is -0.233. The minimum absolute atomic E-state index is 0.114. The molecular weight excluding hydrogens is 320 g/mol. The molecule has 0 heterocycles. The fraction of sp³-hybridized carbons (Fsp3) is 0.316. The second-order valence-electron chi connectivity index (χ2n) is 5.56. The van der Waals surface area contributed by atoms with Crippen LogP contribution in [0.1, 0.15) is 30.0 Å². The summed E-state index contributed by atoms with van der Waals surface area (Å²) in [6.07, 6.45) is 3.39. The average molecular weight is 344 g/mol. The van der Waals surface area contributed by atoms with Crippen LogP contribution in [0.3, 0.4) is 0 Å². The Balaban J connectivity index is 2.00. The van der Waals surface area contributed by atoms with Gasteiger partial charge in [-0.25, -0.2) is 4.79 Å². The number of urea groups is 1. The maximum Gasteiger partial charge on any atom is 0.319 e. The van der Waals surface area contributed by atoms with Crippen LogP contribution < -0.4 is 10.6 Å². The lowest BCUT2D eigenvalue weighted by molar-refractivity contribution is 0.244. The van der Waals surface area contributed by atoms with Crippen LogP contribution in [-0.2, 0) is 5.75 Å². The summed E-state index contributed by atoms with van der Waals surface area (Å²) in [5.74, 6) is 0.917. The number of nitrogens with one attached hydrogen (secondary N) is 2. The summed E-state index contributed by atoms with van der Waals surface area (Å²) < 4.78 is 0. The van der Waals surface area contributed by atoms with Crippen molar-refractivity contribution >= 4 is 23.5 Å². The third-order valence-corrected chi connectivity index (χ3v) is 4.28. The Morgan fingerprint density at radius 3 is 2.67 bits per heavy atom. The zero-order valence-corrected chi connectivity index (χ0v) is 14.7. The second kappa shape index (κ2) is 10.0. The SMILES string of the molecule is CSCc1cccc(NC(=O)NC(CCCO)c2ccccc2)c1. The summed E-state index contributed by atoms with van der Waals surface area (Å²) >= 11 is 1.75. The van der Waals surface area contributed by atoms with Gasteiger partial charge in [0.05, 0.1) is 6.04 Å². The highest BCUT2D eigenvalue weighted by atomic mass is 32.2. The predicted octanol–water partition coefficient (Wildman–Crippen LogP) is 4.18. The first-order valence-electron chi connectivity index (χ1n) is 8.04. The van der Waals surface area contributed by atoms with Crippen molar-refractivity contribution < 1.29 is 9.90 Å². The molecule has 2 aromatic carbocycles. The molecule has 0 aliphatic heterocycles. The fourth-order valence-electron chi connectivity index (χ4n) is 2.53. The molecule has 0 aromatic heterocycles. The van der Waals surface area contributed by atoms with Gasteiger partial charge >= 0.3 is 6.03 Å². The molecule has 2 rings (SSSR count). The van der Waals surface area contributed by atoms with E-state index in [1.54, 1.807) is 11.8 Å². The normalized spacial score (nSPS) is 11.8. The quantitative estimate of drug-likeness (QED) is 0.673. The number of aliphatic hydroxyl groups excluding tert-OH is 1. The van der Waals surface area contributed by atoms with Gasteiger partial charge in [0.1, 0.15) is 0 Å². The van der Waals surface area contributed by atoms with Crippen molar-refractivity contribution in [2.75, 3.05) is 18.2 Å². The number of rotatable bonds is 8. The van der Waals surface area contributed by atoms with Gasteiger partial charge < -0.3 is 15.7 Å². The molecule has 0 aliphatic rings. The van der Waals surface area contributed by atoms with E-state index in [1.807, 2.05) is 54.6 Å². The molecule has 2 aromatic rings. The number of benzene rings is 2. The minimum Gasteiger partial charge on any atom is -0.396 e. The van der Waals surface area contributed by atoms with Gasteiger partial charge in [-0.2, -0.15) is 11.8 Å². The maximum absolute atomic E-state index is 12.3. The number of anilines is 1. The summed E-state index contributed by atoms with van der Waals surface area (Å²) in [7, 11) is 0. The van der Waals surface area contributed by atoms with Crippen LogP contribution in [0.15, 0.2) is 54.6 Å². The number of amides is 2. The van der Waals surface area contributed by atoms with E-state index in [9.17, 15) is 4.79 Å². The Kier molecular flexibility index (Phi) is 7.65. The lowest BCUT2D eigenvalue weighted by Crippen LogP contribution is -2.32. The van der Waals surface area contributed by atoms with E-state index < -0.39 is 0 Å². The number of carbonyl (C=O) groups is 1. The van der Waals surface area contributed by atoms with E-state index >= 15 is 0 Å². The van der Waals surface area contributed by atoms with Crippen molar-refractivity contribution in [2.24, 2.45) is 0 Å². The van der Waals surface area contributed by atoms with Gasteiger partial charge in [-0.05, 0) is 42.4 Å². The van der Waals surface area contributed by atoms with Crippen LogP contribution >= 0.6 is 11.8 Å². The van der Waals surface area contributed by atoms with Gasteiger partial charge in [-0.1, -0.05) is 42.5 Å². The lowest BCUT2D eigenvalue weighted by atomic mass is 10.0. The Bertz CT molecular complexity index is 634. The van der Waals surface area contributed by atoms with E-state index in [1.165, 1.54) is 5.56 Å².